The van der Waals surface area contributed by atoms with Gasteiger partial charge in [-0.05, 0) is 48.6 Å². The van der Waals surface area contributed by atoms with Crippen LogP contribution in [0.3, 0.4) is 0 Å². The van der Waals surface area contributed by atoms with E-state index < -0.39 is 0 Å². The highest BCUT2D eigenvalue weighted by atomic mass is 35.5. The molecule has 0 aromatic heterocycles. The summed E-state index contributed by atoms with van der Waals surface area (Å²) < 4.78 is 0. The second-order valence-corrected chi connectivity index (χ2v) is 4.91. The largest absolute Gasteiger partial charge is 0.0988 e. The van der Waals surface area contributed by atoms with E-state index in [2.05, 4.69) is 44.7 Å². The van der Waals surface area contributed by atoms with Crippen LogP contribution >= 0.6 is 11.6 Å². The van der Waals surface area contributed by atoms with Crippen LogP contribution in [-0.2, 0) is 6.42 Å². The van der Waals surface area contributed by atoms with Gasteiger partial charge in [-0.15, -0.1) is 0 Å². The zero-order chi connectivity index (χ0) is 13.1. The first-order valence-electron chi connectivity index (χ1n) is 6.06. The monoisotopic (exact) mass is 256 g/mol. The molecule has 0 unspecified atom stereocenters. The lowest BCUT2D eigenvalue weighted by molar-refractivity contribution is 1.22. The van der Waals surface area contributed by atoms with Crippen molar-refractivity contribution in [2.45, 2.75) is 20.3 Å². The predicted octanol–water partition coefficient (Wildman–Crippen LogP) is 5.19. The number of hydrogen-bond donors (Lipinski definition) is 0. The standard InChI is InChI=1S/C17H17Cl/c1-4-12(2)9-14-11-15-10-13(3)5-6-16(15)17(14)7-8-18/h4-10H,1,11H2,2-3H3/b8-7+,12-9-. The molecule has 0 radical (unpaired) electrons. The lowest BCUT2D eigenvalue weighted by Gasteiger charge is -2.02. The van der Waals surface area contributed by atoms with Crippen LogP contribution in [0.25, 0.3) is 5.57 Å². The number of allylic oxidation sites excluding steroid dienone is 6. The molecule has 0 saturated heterocycles. The summed E-state index contributed by atoms with van der Waals surface area (Å²) in [6.07, 6.45) is 7.02. The molecule has 0 aliphatic heterocycles. The minimum absolute atomic E-state index is 0.971. The third kappa shape index (κ3) is 2.49. The molecule has 18 heavy (non-hydrogen) atoms. The molecule has 0 bridgehead atoms. The van der Waals surface area contributed by atoms with Gasteiger partial charge in [-0.3, -0.25) is 0 Å². The number of fused-ring (bicyclic) bond motifs is 1. The van der Waals surface area contributed by atoms with Gasteiger partial charge in [-0.1, -0.05) is 59.7 Å². The number of benzene rings is 1. The molecule has 0 nitrogen and oxygen atoms in total. The summed E-state index contributed by atoms with van der Waals surface area (Å²) in [5.74, 6) is 0. The van der Waals surface area contributed by atoms with Crippen LogP contribution < -0.4 is 0 Å². The summed E-state index contributed by atoms with van der Waals surface area (Å²) in [6, 6.07) is 6.58. The van der Waals surface area contributed by atoms with Crippen LogP contribution in [0.1, 0.15) is 23.6 Å². The van der Waals surface area contributed by atoms with E-state index in [0.717, 1.165) is 6.42 Å². The SMILES string of the molecule is C=C/C(C)=C\C1=C(/C=C/Cl)c2ccc(C)cc2C1. The first-order valence-corrected chi connectivity index (χ1v) is 6.50. The van der Waals surface area contributed by atoms with Gasteiger partial charge in [0.15, 0.2) is 0 Å². The first kappa shape index (κ1) is 12.9. The maximum absolute atomic E-state index is 5.76. The summed E-state index contributed by atoms with van der Waals surface area (Å²) in [7, 11) is 0. The summed E-state index contributed by atoms with van der Waals surface area (Å²) in [5, 5.41) is 0. The second kappa shape index (κ2) is 5.41. The third-order valence-corrected chi connectivity index (χ3v) is 3.36. The minimum Gasteiger partial charge on any atom is -0.0988 e. The van der Waals surface area contributed by atoms with Gasteiger partial charge in [0, 0.05) is 5.54 Å². The van der Waals surface area contributed by atoms with Crippen molar-refractivity contribution in [3.63, 3.8) is 0 Å². The minimum atomic E-state index is 0.971. The van der Waals surface area contributed by atoms with Crippen LogP contribution in [0.5, 0.6) is 0 Å². The average molecular weight is 257 g/mol. The Bertz CT molecular complexity index is 571. The number of hydrogen-bond acceptors (Lipinski definition) is 0. The normalized spacial score (nSPS) is 15.4. The van der Waals surface area contributed by atoms with Crippen LogP contribution in [0.2, 0.25) is 0 Å². The van der Waals surface area contributed by atoms with Crippen LogP contribution in [0, 0.1) is 6.92 Å². The summed E-state index contributed by atoms with van der Waals surface area (Å²) in [6.45, 7) is 7.99. The van der Waals surface area contributed by atoms with Crippen molar-refractivity contribution in [2.75, 3.05) is 0 Å². The van der Waals surface area contributed by atoms with Crippen molar-refractivity contribution in [1.29, 1.82) is 0 Å². The summed E-state index contributed by atoms with van der Waals surface area (Å²) in [4.78, 5) is 0. The lowest BCUT2D eigenvalue weighted by atomic mass is 10.0. The van der Waals surface area contributed by atoms with Crippen molar-refractivity contribution in [3.8, 4) is 0 Å². The molecule has 0 heterocycles. The molecule has 0 saturated carbocycles. The first-order chi connectivity index (χ1) is 8.65. The van der Waals surface area contributed by atoms with Gasteiger partial charge in [0.2, 0.25) is 0 Å². The Balaban J connectivity index is 2.52. The molecule has 0 N–H and O–H groups in total. The van der Waals surface area contributed by atoms with Crippen LogP contribution in [-0.4, -0.2) is 0 Å². The third-order valence-electron chi connectivity index (χ3n) is 3.23. The Labute approximate surface area is 114 Å². The molecule has 2 rings (SSSR count). The fourth-order valence-electron chi connectivity index (χ4n) is 2.33. The molecule has 1 aromatic rings. The zero-order valence-corrected chi connectivity index (χ0v) is 11.6. The highest BCUT2D eigenvalue weighted by Gasteiger charge is 2.18. The van der Waals surface area contributed by atoms with Gasteiger partial charge < -0.3 is 0 Å². The van der Waals surface area contributed by atoms with E-state index in [1.54, 1.807) is 5.54 Å². The molecule has 0 fully saturated rings. The van der Waals surface area contributed by atoms with Gasteiger partial charge in [-0.2, -0.15) is 0 Å². The molecule has 1 aliphatic carbocycles. The zero-order valence-electron chi connectivity index (χ0n) is 10.8. The van der Waals surface area contributed by atoms with Gasteiger partial charge in [0.05, 0.1) is 0 Å². The van der Waals surface area contributed by atoms with E-state index in [4.69, 9.17) is 11.6 Å². The fraction of sp³-hybridized carbons (Fsp3) is 0.176. The number of halogens is 1. The van der Waals surface area contributed by atoms with Crippen molar-refractivity contribution in [1.82, 2.24) is 0 Å². The topological polar surface area (TPSA) is 0 Å². The maximum Gasteiger partial charge on any atom is 0.00487 e. The van der Waals surface area contributed by atoms with Gasteiger partial charge in [-0.25, -0.2) is 0 Å². The van der Waals surface area contributed by atoms with Crippen molar-refractivity contribution in [2.24, 2.45) is 0 Å². The molecule has 0 atom stereocenters. The Morgan fingerprint density at radius 1 is 1.39 bits per heavy atom. The molecule has 0 spiro atoms. The highest BCUT2D eigenvalue weighted by molar-refractivity contribution is 6.26. The summed E-state index contributed by atoms with van der Waals surface area (Å²) >= 11 is 5.76. The molecular formula is C17H17Cl. The molecular weight excluding hydrogens is 240 g/mol. The van der Waals surface area contributed by atoms with E-state index in [9.17, 15) is 0 Å². The number of rotatable bonds is 3. The molecule has 1 aliphatic rings. The summed E-state index contributed by atoms with van der Waals surface area (Å²) in [5.41, 5.74) is 9.26. The second-order valence-electron chi connectivity index (χ2n) is 4.66. The van der Waals surface area contributed by atoms with E-state index in [0.29, 0.717) is 0 Å². The predicted molar refractivity (Wildman–Crippen MR) is 80.8 cm³/mol. The van der Waals surface area contributed by atoms with Crippen molar-refractivity contribution < 1.29 is 0 Å². The lowest BCUT2D eigenvalue weighted by Crippen LogP contribution is -1.84. The highest BCUT2D eigenvalue weighted by Crippen LogP contribution is 2.35. The van der Waals surface area contributed by atoms with Crippen LogP contribution in [0.15, 0.2) is 59.7 Å². The Hall–Kier alpha value is -1.53. The quantitative estimate of drug-likeness (QED) is 0.653. The van der Waals surface area contributed by atoms with Gasteiger partial charge in [0.25, 0.3) is 0 Å². The number of aryl methyl sites for hydroxylation is 1. The van der Waals surface area contributed by atoms with Gasteiger partial charge in [0.1, 0.15) is 0 Å². The molecule has 92 valence electrons. The van der Waals surface area contributed by atoms with Gasteiger partial charge >= 0.3 is 0 Å². The van der Waals surface area contributed by atoms with Crippen molar-refractivity contribution in [3.05, 3.63) is 76.4 Å². The molecule has 1 aromatic carbocycles. The van der Waals surface area contributed by atoms with Crippen molar-refractivity contribution >= 4 is 17.2 Å². The Morgan fingerprint density at radius 3 is 2.83 bits per heavy atom. The molecule has 0 amide bonds. The smallest absolute Gasteiger partial charge is 0.00487 e. The maximum atomic E-state index is 5.76. The molecule has 1 heteroatoms. The van der Waals surface area contributed by atoms with E-state index in [-0.39, 0.29) is 0 Å². The average Bonchev–Trinajstić information content (AvgIpc) is 2.67. The fourth-order valence-corrected chi connectivity index (χ4v) is 2.45. The Kier molecular flexibility index (Phi) is 3.88. The Morgan fingerprint density at radius 2 is 2.17 bits per heavy atom. The van der Waals surface area contributed by atoms with E-state index in [1.165, 1.54) is 33.4 Å². The van der Waals surface area contributed by atoms with Crippen LogP contribution in [0.4, 0.5) is 0 Å². The van der Waals surface area contributed by atoms with E-state index in [1.807, 2.05) is 12.2 Å². The van der Waals surface area contributed by atoms with E-state index >= 15 is 0 Å².